The molecule has 2 rings (SSSR count). The Morgan fingerprint density at radius 1 is 1.20 bits per heavy atom. The topological polar surface area (TPSA) is 20.3 Å². The molecule has 1 aliphatic carbocycles. The molecule has 1 aromatic rings. The Bertz CT molecular complexity index is 435. The molecule has 0 aliphatic heterocycles. The van der Waals surface area contributed by atoms with Crippen LogP contribution in [0.15, 0.2) is 24.3 Å². The van der Waals surface area contributed by atoms with E-state index in [9.17, 15) is 4.79 Å². The molecule has 1 aliphatic rings. The maximum absolute atomic E-state index is 11.4. The lowest BCUT2D eigenvalue weighted by Crippen LogP contribution is -2.38. The van der Waals surface area contributed by atoms with Crippen LogP contribution < -0.4 is 4.90 Å². The van der Waals surface area contributed by atoms with Crippen LogP contribution in [-0.4, -0.2) is 18.4 Å². The maximum atomic E-state index is 11.4. The highest BCUT2D eigenvalue weighted by Crippen LogP contribution is 2.30. The number of nitrogens with zero attached hydrogens (tertiary/aromatic N) is 1. The second-order valence-corrected chi connectivity index (χ2v) is 5.92. The SMILES string of the molecule is CCc1ccccc1N(CCC(C)=O)C1CCCCC1. The van der Waals surface area contributed by atoms with Crippen LogP contribution in [0, 0.1) is 0 Å². The fraction of sp³-hybridized carbons (Fsp3) is 0.611. The number of benzene rings is 1. The molecule has 0 saturated heterocycles. The van der Waals surface area contributed by atoms with Crippen molar-refractivity contribution in [2.75, 3.05) is 11.4 Å². The lowest BCUT2D eigenvalue weighted by Gasteiger charge is -2.37. The molecular formula is C18H27NO. The van der Waals surface area contributed by atoms with Gasteiger partial charge in [0.2, 0.25) is 0 Å². The standard InChI is InChI=1S/C18H27NO/c1-3-16-9-7-8-12-18(16)19(14-13-15(2)20)17-10-5-4-6-11-17/h7-9,12,17H,3-6,10-11,13-14H2,1-2H3. The van der Waals surface area contributed by atoms with Crippen LogP contribution in [0.1, 0.15) is 57.9 Å². The number of Topliss-reactive ketones (excluding diaryl/α,β-unsaturated/α-hetero) is 1. The van der Waals surface area contributed by atoms with Crippen LogP contribution in [0.5, 0.6) is 0 Å². The van der Waals surface area contributed by atoms with Crippen molar-refractivity contribution >= 4 is 11.5 Å². The molecule has 1 aromatic carbocycles. The van der Waals surface area contributed by atoms with Crippen molar-refractivity contribution in [1.82, 2.24) is 0 Å². The average Bonchev–Trinajstić information content (AvgIpc) is 2.49. The highest BCUT2D eigenvalue weighted by molar-refractivity contribution is 5.76. The summed E-state index contributed by atoms with van der Waals surface area (Å²) in [6, 6.07) is 9.31. The summed E-state index contributed by atoms with van der Waals surface area (Å²) >= 11 is 0. The van der Waals surface area contributed by atoms with E-state index in [1.165, 1.54) is 43.4 Å². The first-order valence-electron chi connectivity index (χ1n) is 8.06. The van der Waals surface area contributed by atoms with Gasteiger partial charge in [0, 0.05) is 24.7 Å². The number of rotatable bonds is 6. The predicted octanol–water partition coefficient (Wildman–Crippen LogP) is 4.37. The molecule has 0 N–H and O–H groups in total. The molecule has 0 bridgehead atoms. The van der Waals surface area contributed by atoms with Gasteiger partial charge in [-0.25, -0.2) is 0 Å². The van der Waals surface area contributed by atoms with Crippen molar-refractivity contribution in [2.45, 2.75) is 64.8 Å². The number of ketones is 1. The Morgan fingerprint density at radius 3 is 2.55 bits per heavy atom. The first kappa shape index (κ1) is 15.1. The number of carbonyl (C=O) groups excluding carboxylic acids is 1. The number of hydrogen-bond acceptors (Lipinski definition) is 2. The first-order chi connectivity index (χ1) is 9.72. The van der Waals surface area contributed by atoms with Gasteiger partial charge in [0.05, 0.1) is 0 Å². The van der Waals surface area contributed by atoms with Crippen molar-refractivity contribution in [3.05, 3.63) is 29.8 Å². The summed E-state index contributed by atoms with van der Waals surface area (Å²) in [4.78, 5) is 13.9. The van der Waals surface area contributed by atoms with Crippen LogP contribution in [-0.2, 0) is 11.2 Å². The van der Waals surface area contributed by atoms with Gasteiger partial charge in [-0.2, -0.15) is 0 Å². The van der Waals surface area contributed by atoms with E-state index in [0.29, 0.717) is 18.2 Å². The third-order valence-electron chi connectivity index (χ3n) is 4.40. The molecule has 1 saturated carbocycles. The molecule has 110 valence electrons. The quantitative estimate of drug-likeness (QED) is 0.767. The fourth-order valence-corrected chi connectivity index (χ4v) is 3.26. The lowest BCUT2D eigenvalue weighted by atomic mass is 9.93. The molecular weight excluding hydrogens is 246 g/mol. The molecule has 0 radical (unpaired) electrons. The minimum atomic E-state index is 0.291. The van der Waals surface area contributed by atoms with E-state index in [-0.39, 0.29) is 0 Å². The minimum absolute atomic E-state index is 0.291. The summed E-state index contributed by atoms with van der Waals surface area (Å²) in [5.41, 5.74) is 2.75. The van der Waals surface area contributed by atoms with Gasteiger partial charge < -0.3 is 4.90 Å². The van der Waals surface area contributed by atoms with E-state index in [0.717, 1.165) is 13.0 Å². The van der Waals surface area contributed by atoms with E-state index in [4.69, 9.17) is 0 Å². The third-order valence-corrected chi connectivity index (χ3v) is 4.40. The van der Waals surface area contributed by atoms with Crippen LogP contribution in [0.2, 0.25) is 0 Å². The summed E-state index contributed by atoms with van der Waals surface area (Å²) in [5.74, 6) is 0.291. The zero-order chi connectivity index (χ0) is 14.4. The van der Waals surface area contributed by atoms with Gasteiger partial charge in [0.1, 0.15) is 5.78 Å². The van der Waals surface area contributed by atoms with Gasteiger partial charge >= 0.3 is 0 Å². The van der Waals surface area contributed by atoms with Gasteiger partial charge in [-0.3, -0.25) is 4.79 Å². The molecule has 0 aromatic heterocycles. The summed E-state index contributed by atoms with van der Waals surface area (Å²) in [7, 11) is 0. The van der Waals surface area contributed by atoms with E-state index >= 15 is 0 Å². The molecule has 0 atom stereocenters. The Hall–Kier alpha value is -1.31. The number of aryl methyl sites for hydroxylation is 1. The smallest absolute Gasteiger partial charge is 0.131 e. The molecule has 2 heteroatoms. The van der Waals surface area contributed by atoms with Gasteiger partial charge in [-0.05, 0) is 37.8 Å². The summed E-state index contributed by atoms with van der Waals surface area (Å²) < 4.78 is 0. The van der Waals surface area contributed by atoms with Crippen molar-refractivity contribution in [1.29, 1.82) is 0 Å². The highest BCUT2D eigenvalue weighted by Gasteiger charge is 2.22. The van der Waals surface area contributed by atoms with Crippen molar-refractivity contribution in [3.8, 4) is 0 Å². The summed E-state index contributed by atoms with van der Waals surface area (Å²) in [6.07, 6.45) is 8.29. The lowest BCUT2D eigenvalue weighted by molar-refractivity contribution is -0.116. The van der Waals surface area contributed by atoms with E-state index < -0.39 is 0 Å². The third kappa shape index (κ3) is 3.84. The van der Waals surface area contributed by atoms with Gasteiger partial charge in [0.25, 0.3) is 0 Å². The normalized spacial score (nSPS) is 16.1. The van der Waals surface area contributed by atoms with E-state index in [1.807, 2.05) is 0 Å². The van der Waals surface area contributed by atoms with E-state index in [2.05, 4.69) is 36.1 Å². The summed E-state index contributed by atoms with van der Waals surface area (Å²) in [6.45, 7) is 4.78. The average molecular weight is 273 g/mol. The molecule has 0 spiro atoms. The van der Waals surface area contributed by atoms with Gasteiger partial charge in [-0.15, -0.1) is 0 Å². The molecule has 0 heterocycles. The maximum Gasteiger partial charge on any atom is 0.131 e. The number of hydrogen-bond donors (Lipinski definition) is 0. The van der Waals surface area contributed by atoms with Crippen LogP contribution in [0.4, 0.5) is 5.69 Å². The number of anilines is 1. The molecule has 0 unspecified atom stereocenters. The van der Waals surface area contributed by atoms with Crippen LogP contribution in [0.25, 0.3) is 0 Å². The van der Waals surface area contributed by atoms with E-state index in [1.54, 1.807) is 6.92 Å². The second-order valence-electron chi connectivity index (χ2n) is 5.92. The Morgan fingerprint density at radius 2 is 1.90 bits per heavy atom. The second kappa shape index (κ2) is 7.47. The largest absolute Gasteiger partial charge is 0.368 e. The molecule has 1 fully saturated rings. The zero-order valence-electron chi connectivity index (χ0n) is 12.9. The van der Waals surface area contributed by atoms with Crippen molar-refractivity contribution in [2.24, 2.45) is 0 Å². The monoisotopic (exact) mass is 273 g/mol. The van der Waals surface area contributed by atoms with Crippen molar-refractivity contribution in [3.63, 3.8) is 0 Å². The minimum Gasteiger partial charge on any atom is -0.368 e. The molecule has 2 nitrogen and oxygen atoms in total. The van der Waals surface area contributed by atoms with Crippen LogP contribution >= 0.6 is 0 Å². The van der Waals surface area contributed by atoms with Gasteiger partial charge in [-0.1, -0.05) is 44.4 Å². The Kier molecular flexibility index (Phi) is 5.63. The fourth-order valence-electron chi connectivity index (χ4n) is 3.26. The highest BCUT2D eigenvalue weighted by atomic mass is 16.1. The van der Waals surface area contributed by atoms with Crippen LogP contribution in [0.3, 0.4) is 0 Å². The van der Waals surface area contributed by atoms with Crippen molar-refractivity contribution < 1.29 is 4.79 Å². The Labute approximate surface area is 123 Å². The summed E-state index contributed by atoms with van der Waals surface area (Å²) in [5, 5.41) is 0. The zero-order valence-corrected chi connectivity index (χ0v) is 12.9. The predicted molar refractivity (Wildman–Crippen MR) is 85.3 cm³/mol. The number of carbonyl (C=O) groups is 1. The Balaban J connectivity index is 2.21. The number of para-hydroxylation sites is 1. The van der Waals surface area contributed by atoms with Gasteiger partial charge in [0.15, 0.2) is 0 Å². The molecule has 20 heavy (non-hydrogen) atoms. The first-order valence-corrected chi connectivity index (χ1v) is 8.06. The molecule has 0 amide bonds.